The van der Waals surface area contributed by atoms with Crippen LogP contribution in [-0.2, 0) is 13.0 Å². The molecule has 0 bridgehead atoms. The molecule has 0 radical (unpaired) electrons. The summed E-state index contributed by atoms with van der Waals surface area (Å²) in [6, 6.07) is 8.12. The molecule has 1 fully saturated rings. The molecule has 0 spiro atoms. The number of anilines is 1. The third kappa shape index (κ3) is 4.73. The molecule has 9 nitrogen and oxygen atoms in total. The van der Waals surface area contributed by atoms with Crippen LogP contribution in [0.1, 0.15) is 30.9 Å². The summed E-state index contributed by atoms with van der Waals surface area (Å²) in [5.41, 5.74) is 4.19. The summed E-state index contributed by atoms with van der Waals surface area (Å²) in [5, 5.41) is 14.7. The van der Waals surface area contributed by atoms with E-state index in [1.54, 1.807) is 6.07 Å². The monoisotopic (exact) mass is 408 g/mol. The Morgan fingerprint density at radius 1 is 1.13 bits per heavy atom. The van der Waals surface area contributed by atoms with Crippen molar-refractivity contribution < 1.29 is 0 Å². The van der Waals surface area contributed by atoms with Crippen molar-refractivity contribution >= 4 is 5.69 Å². The minimum atomic E-state index is -0.188. The number of hydrogen-bond acceptors (Lipinski definition) is 7. The number of tetrazole rings is 1. The molecule has 158 valence electrons. The normalized spacial score (nSPS) is 15.1. The van der Waals surface area contributed by atoms with E-state index in [0.717, 1.165) is 56.1 Å². The van der Waals surface area contributed by atoms with Gasteiger partial charge in [0.15, 0.2) is 0 Å². The summed E-state index contributed by atoms with van der Waals surface area (Å²) in [7, 11) is 0. The van der Waals surface area contributed by atoms with Gasteiger partial charge in [-0.15, -0.1) is 10.2 Å². The second kappa shape index (κ2) is 8.74. The number of piperazine rings is 1. The maximum Gasteiger partial charge on any atom is 0.273 e. The van der Waals surface area contributed by atoms with E-state index in [4.69, 9.17) is 0 Å². The fourth-order valence-corrected chi connectivity index (χ4v) is 4.02. The first-order valence-corrected chi connectivity index (χ1v) is 10.4. The lowest BCUT2D eigenvalue weighted by atomic mass is 9.99. The number of benzene rings is 1. The fourth-order valence-electron chi connectivity index (χ4n) is 4.02. The van der Waals surface area contributed by atoms with Crippen LogP contribution in [0.4, 0.5) is 5.69 Å². The van der Waals surface area contributed by atoms with Crippen molar-refractivity contribution in [1.82, 2.24) is 35.5 Å². The Morgan fingerprint density at radius 3 is 2.60 bits per heavy atom. The van der Waals surface area contributed by atoms with Crippen LogP contribution in [0.2, 0.25) is 0 Å². The zero-order valence-electron chi connectivity index (χ0n) is 17.7. The van der Waals surface area contributed by atoms with E-state index in [1.807, 2.05) is 6.92 Å². The van der Waals surface area contributed by atoms with Gasteiger partial charge in [-0.2, -0.15) is 10.2 Å². The topological polar surface area (TPSA) is 107 Å². The number of rotatable bonds is 6. The van der Waals surface area contributed by atoms with Crippen molar-refractivity contribution in [3.05, 3.63) is 51.7 Å². The van der Waals surface area contributed by atoms with Crippen LogP contribution >= 0.6 is 0 Å². The Kier molecular flexibility index (Phi) is 5.89. The highest BCUT2D eigenvalue weighted by atomic mass is 16.1. The molecule has 3 heterocycles. The van der Waals surface area contributed by atoms with E-state index >= 15 is 0 Å². The molecule has 0 atom stereocenters. The summed E-state index contributed by atoms with van der Waals surface area (Å²) < 4.78 is 0. The first kappa shape index (κ1) is 20.2. The highest BCUT2D eigenvalue weighted by Gasteiger charge is 2.22. The summed E-state index contributed by atoms with van der Waals surface area (Å²) >= 11 is 0. The molecule has 9 heteroatoms. The van der Waals surface area contributed by atoms with Gasteiger partial charge in [0.1, 0.15) is 5.82 Å². The zero-order chi connectivity index (χ0) is 21.1. The molecule has 0 saturated carbocycles. The van der Waals surface area contributed by atoms with Crippen LogP contribution in [0.5, 0.6) is 0 Å². The lowest BCUT2D eigenvalue weighted by Gasteiger charge is -2.37. The van der Waals surface area contributed by atoms with E-state index in [1.165, 1.54) is 5.56 Å². The molecular formula is C21H28N8O. The largest absolute Gasteiger partial charge is 0.368 e. The lowest BCUT2D eigenvalue weighted by molar-refractivity contribution is 0.247. The first-order chi connectivity index (χ1) is 14.5. The molecule has 3 aromatic rings. The quantitative estimate of drug-likeness (QED) is 0.640. The number of H-pyrrole nitrogens is 2. The molecule has 0 unspecified atom stereocenters. The van der Waals surface area contributed by atoms with E-state index in [9.17, 15) is 4.79 Å². The number of aryl methyl sites for hydroxylation is 1. The summed E-state index contributed by atoms with van der Waals surface area (Å²) in [6.45, 7) is 10.6. The highest BCUT2D eigenvalue weighted by molar-refractivity contribution is 5.75. The highest BCUT2D eigenvalue weighted by Crippen LogP contribution is 2.31. The van der Waals surface area contributed by atoms with E-state index in [0.29, 0.717) is 17.6 Å². The lowest BCUT2D eigenvalue weighted by Crippen LogP contribution is -2.46. The van der Waals surface area contributed by atoms with Crippen molar-refractivity contribution in [2.24, 2.45) is 5.92 Å². The van der Waals surface area contributed by atoms with Gasteiger partial charge in [-0.1, -0.05) is 19.9 Å². The van der Waals surface area contributed by atoms with Gasteiger partial charge in [-0.05, 0) is 42.2 Å². The molecular weight excluding hydrogens is 380 g/mol. The molecule has 0 amide bonds. The number of nitrogens with zero attached hydrogens (tertiary/aromatic N) is 6. The van der Waals surface area contributed by atoms with Crippen LogP contribution in [0.3, 0.4) is 0 Å². The van der Waals surface area contributed by atoms with Gasteiger partial charge < -0.3 is 9.88 Å². The first-order valence-electron chi connectivity index (χ1n) is 10.4. The molecule has 1 saturated heterocycles. The second-order valence-electron chi connectivity index (χ2n) is 8.28. The maximum absolute atomic E-state index is 11.7. The summed E-state index contributed by atoms with van der Waals surface area (Å²) in [4.78, 5) is 23.5. The number of aromatic nitrogens is 6. The predicted molar refractivity (Wildman–Crippen MR) is 115 cm³/mol. The number of aromatic amines is 2. The molecule has 4 rings (SSSR count). The molecule has 2 aromatic heterocycles. The molecule has 0 aliphatic carbocycles. The number of hydrogen-bond donors (Lipinski definition) is 2. The van der Waals surface area contributed by atoms with Gasteiger partial charge in [-0.25, -0.2) is 0 Å². The van der Waals surface area contributed by atoms with Crippen LogP contribution in [0, 0.1) is 12.8 Å². The van der Waals surface area contributed by atoms with Gasteiger partial charge >= 0.3 is 0 Å². The smallest absolute Gasteiger partial charge is 0.273 e. The average Bonchev–Trinajstić information content (AvgIpc) is 3.22. The van der Waals surface area contributed by atoms with Gasteiger partial charge in [0.05, 0.1) is 0 Å². The molecule has 30 heavy (non-hydrogen) atoms. The third-order valence-corrected chi connectivity index (χ3v) is 5.32. The minimum absolute atomic E-state index is 0.188. The van der Waals surface area contributed by atoms with Crippen LogP contribution in [0.15, 0.2) is 29.1 Å². The Bertz CT molecular complexity index is 1040. The van der Waals surface area contributed by atoms with Gasteiger partial charge in [-0.3, -0.25) is 9.69 Å². The average molecular weight is 409 g/mol. The fraction of sp³-hybridized carbons (Fsp3) is 0.476. The third-order valence-electron chi connectivity index (χ3n) is 5.32. The second-order valence-corrected chi connectivity index (χ2v) is 8.28. The Labute approximate surface area is 175 Å². The predicted octanol–water partition coefficient (Wildman–Crippen LogP) is 1.78. The summed E-state index contributed by atoms with van der Waals surface area (Å²) in [5.74, 6) is 1.87. The van der Waals surface area contributed by atoms with Crippen molar-refractivity contribution in [2.45, 2.75) is 33.7 Å². The molecule has 1 aliphatic heterocycles. The van der Waals surface area contributed by atoms with Crippen molar-refractivity contribution in [3.8, 4) is 11.4 Å². The van der Waals surface area contributed by atoms with Crippen LogP contribution < -0.4 is 10.5 Å². The van der Waals surface area contributed by atoms with Crippen molar-refractivity contribution in [1.29, 1.82) is 0 Å². The van der Waals surface area contributed by atoms with Gasteiger partial charge in [0, 0.05) is 55.7 Å². The SMILES string of the molecule is Cc1nc(=O)cc(CN2CCN(c3cc(CC(C)C)ccc3-c3nn[nH]n3)CC2)[nH]1. The zero-order valence-corrected chi connectivity index (χ0v) is 17.7. The Morgan fingerprint density at radius 2 is 1.93 bits per heavy atom. The minimum Gasteiger partial charge on any atom is -0.368 e. The van der Waals surface area contributed by atoms with E-state index < -0.39 is 0 Å². The van der Waals surface area contributed by atoms with E-state index in [2.05, 4.69) is 72.4 Å². The van der Waals surface area contributed by atoms with Crippen molar-refractivity contribution in [2.75, 3.05) is 31.1 Å². The van der Waals surface area contributed by atoms with Crippen LogP contribution in [-0.4, -0.2) is 61.7 Å². The van der Waals surface area contributed by atoms with Crippen LogP contribution in [0.25, 0.3) is 11.4 Å². The Balaban J connectivity index is 1.51. The van der Waals surface area contributed by atoms with Gasteiger partial charge in [0.2, 0.25) is 5.82 Å². The molecule has 1 aromatic carbocycles. The molecule has 2 N–H and O–H groups in total. The summed E-state index contributed by atoms with van der Waals surface area (Å²) in [6.07, 6.45) is 1.04. The van der Waals surface area contributed by atoms with Crippen molar-refractivity contribution in [3.63, 3.8) is 0 Å². The Hall–Kier alpha value is -3.07. The molecule has 1 aliphatic rings. The van der Waals surface area contributed by atoms with Gasteiger partial charge in [0.25, 0.3) is 5.56 Å². The van der Waals surface area contributed by atoms with E-state index in [-0.39, 0.29) is 5.56 Å². The number of nitrogens with one attached hydrogen (secondary N) is 2. The maximum atomic E-state index is 11.7. The standard InChI is InChI=1S/C21H28N8O/c1-14(2)10-16-4-5-18(21-24-26-27-25-21)19(11-16)29-8-6-28(7-9-29)13-17-12-20(30)23-15(3)22-17/h4-5,11-12,14H,6-10,13H2,1-3H3,(H,22,23,30)(H,24,25,26,27).